The van der Waals surface area contributed by atoms with Crippen molar-refractivity contribution >= 4 is 11.7 Å². The van der Waals surface area contributed by atoms with E-state index in [1.165, 1.54) is 0 Å². The maximum atomic E-state index is 12.3. The number of fused-ring (bicyclic) bond motifs is 1. The van der Waals surface area contributed by atoms with Crippen LogP contribution in [0.3, 0.4) is 0 Å². The molecule has 0 radical (unpaired) electrons. The Morgan fingerprint density at radius 2 is 1.94 bits per heavy atom. The molecule has 0 aromatic heterocycles. The van der Waals surface area contributed by atoms with Crippen molar-refractivity contribution in [2.45, 2.75) is 31.8 Å². The summed E-state index contributed by atoms with van der Waals surface area (Å²) in [5.41, 5.74) is 0. The fraction of sp³-hybridized carbons (Fsp3) is 0.818. The third kappa shape index (κ3) is 1.74. The Hall–Kier alpha value is -0.940. The van der Waals surface area contributed by atoms with Crippen LogP contribution >= 0.6 is 0 Å². The molecule has 2 aliphatic rings. The third-order valence-corrected chi connectivity index (χ3v) is 3.52. The highest BCUT2D eigenvalue weighted by molar-refractivity contribution is 5.90. The molecule has 5 heteroatoms. The smallest absolute Gasteiger partial charge is 0.254 e. The lowest BCUT2D eigenvalue weighted by Crippen LogP contribution is -2.59. The first-order chi connectivity index (χ1) is 7.52. The second kappa shape index (κ2) is 4.14. The van der Waals surface area contributed by atoms with Crippen molar-refractivity contribution in [2.24, 2.45) is 0 Å². The number of hydrazine groups is 1. The van der Waals surface area contributed by atoms with Crippen molar-refractivity contribution in [1.29, 1.82) is 0 Å². The number of carbonyl (C=O) groups excluding carboxylic acids is 2. The van der Waals surface area contributed by atoms with Crippen LogP contribution in [-0.2, 0) is 9.59 Å². The Balaban J connectivity index is 2.19. The van der Waals surface area contributed by atoms with Crippen LogP contribution in [-0.4, -0.2) is 65.9 Å². The Labute approximate surface area is 95.9 Å². The van der Waals surface area contributed by atoms with E-state index in [0.29, 0.717) is 0 Å². The predicted molar refractivity (Wildman–Crippen MR) is 59.6 cm³/mol. The molecule has 0 aromatic rings. The van der Waals surface area contributed by atoms with Crippen LogP contribution in [0.25, 0.3) is 0 Å². The minimum absolute atomic E-state index is 0.0730. The van der Waals surface area contributed by atoms with Gasteiger partial charge in [-0.25, -0.2) is 5.01 Å². The summed E-state index contributed by atoms with van der Waals surface area (Å²) in [4.78, 5) is 25.7. The third-order valence-electron chi connectivity index (χ3n) is 3.52. The Bertz CT molecular complexity index is 316. The standard InChI is InChI=1S/C11H19N3O2/c1-8(15)9-4-6-13-7-5-10(12(2)3)11(16)14(9)13/h9-10H,4-7H2,1-3H3. The molecule has 2 unspecified atom stereocenters. The van der Waals surface area contributed by atoms with Gasteiger partial charge in [0.15, 0.2) is 5.78 Å². The van der Waals surface area contributed by atoms with Gasteiger partial charge in [-0.1, -0.05) is 0 Å². The topological polar surface area (TPSA) is 43.9 Å². The molecule has 0 aliphatic carbocycles. The van der Waals surface area contributed by atoms with Crippen LogP contribution in [0.15, 0.2) is 0 Å². The maximum Gasteiger partial charge on any atom is 0.254 e. The van der Waals surface area contributed by atoms with Crippen molar-refractivity contribution in [3.63, 3.8) is 0 Å². The van der Waals surface area contributed by atoms with Crippen LogP contribution in [0.4, 0.5) is 0 Å². The number of rotatable bonds is 2. The largest absolute Gasteiger partial charge is 0.298 e. The van der Waals surface area contributed by atoms with E-state index in [-0.39, 0.29) is 23.8 Å². The van der Waals surface area contributed by atoms with Crippen LogP contribution in [0.2, 0.25) is 0 Å². The zero-order valence-corrected chi connectivity index (χ0v) is 10.1. The summed E-state index contributed by atoms with van der Waals surface area (Å²) >= 11 is 0. The summed E-state index contributed by atoms with van der Waals surface area (Å²) in [5.74, 6) is 0.171. The Morgan fingerprint density at radius 1 is 1.31 bits per heavy atom. The molecule has 1 amide bonds. The lowest BCUT2D eigenvalue weighted by molar-refractivity contribution is -0.163. The molecular weight excluding hydrogens is 206 g/mol. The number of nitrogens with zero attached hydrogens (tertiary/aromatic N) is 3. The first-order valence-corrected chi connectivity index (χ1v) is 5.77. The monoisotopic (exact) mass is 225 g/mol. The Kier molecular flexibility index (Phi) is 2.99. The molecule has 0 N–H and O–H groups in total. The van der Waals surface area contributed by atoms with Crippen molar-refractivity contribution in [3.8, 4) is 0 Å². The van der Waals surface area contributed by atoms with E-state index in [4.69, 9.17) is 0 Å². The van der Waals surface area contributed by atoms with Crippen molar-refractivity contribution < 1.29 is 9.59 Å². The molecule has 0 bridgehead atoms. The summed E-state index contributed by atoms with van der Waals surface area (Å²) in [5, 5.41) is 3.71. The molecule has 2 rings (SSSR count). The fourth-order valence-corrected chi connectivity index (χ4v) is 2.61. The first kappa shape index (κ1) is 11.5. The van der Waals surface area contributed by atoms with Gasteiger partial charge in [-0.05, 0) is 33.9 Å². The van der Waals surface area contributed by atoms with Crippen molar-refractivity contribution in [1.82, 2.24) is 14.9 Å². The van der Waals surface area contributed by atoms with Crippen LogP contribution in [0.1, 0.15) is 19.8 Å². The Morgan fingerprint density at radius 3 is 2.50 bits per heavy atom. The highest BCUT2D eigenvalue weighted by Gasteiger charge is 2.44. The van der Waals surface area contributed by atoms with E-state index in [1.807, 2.05) is 24.0 Å². The number of ketones is 1. The lowest BCUT2D eigenvalue weighted by atomic mass is 10.1. The molecule has 0 spiro atoms. The van der Waals surface area contributed by atoms with Gasteiger partial charge < -0.3 is 0 Å². The number of hydrogen-bond acceptors (Lipinski definition) is 4. The summed E-state index contributed by atoms with van der Waals surface area (Å²) in [6.45, 7) is 3.27. The molecule has 2 saturated heterocycles. The second-order valence-electron chi connectivity index (χ2n) is 4.82. The molecule has 90 valence electrons. The molecule has 16 heavy (non-hydrogen) atoms. The van der Waals surface area contributed by atoms with Gasteiger partial charge in [0.1, 0.15) is 6.04 Å². The summed E-state index contributed by atoms with van der Waals surface area (Å²) in [7, 11) is 3.83. The molecule has 2 heterocycles. The van der Waals surface area contributed by atoms with E-state index < -0.39 is 0 Å². The van der Waals surface area contributed by atoms with Gasteiger partial charge in [-0.3, -0.25) is 19.5 Å². The molecule has 5 nitrogen and oxygen atoms in total. The minimum Gasteiger partial charge on any atom is -0.298 e. The summed E-state index contributed by atoms with van der Waals surface area (Å²) in [6.07, 6.45) is 1.63. The van der Waals surface area contributed by atoms with Gasteiger partial charge in [-0.15, -0.1) is 0 Å². The van der Waals surface area contributed by atoms with Gasteiger partial charge in [0, 0.05) is 13.1 Å². The summed E-state index contributed by atoms with van der Waals surface area (Å²) < 4.78 is 0. The molecule has 2 aliphatic heterocycles. The SMILES string of the molecule is CC(=O)C1CCN2CCC(N(C)C)C(=O)N12. The van der Waals surface area contributed by atoms with Gasteiger partial charge in [0.25, 0.3) is 5.91 Å². The van der Waals surface area contributed by atoms with E-state index in [0.717, 1.165) is 25.9 Å². The van der Waals surface area contributed by atoms with Crippen molar-refractivity contribution in [3.05, 3.63) is 0 Å². The number of carbonyl (C=O) groups is 2. The fourth-order valence-electron chi connectivity index (χ4n) is 2.61. The van der Waals surface area contributed by atoms with Gasteiger partial charge in [0.05, 0.1) is 6.04 Å². The van der Waals surface area contributed by atoms with Gasteiger partial charge in [-0.2, -0.15) is 0 Å². The predicted octanol–water partition coefficient (Wildman–Crippen LogP) is -0.273. The molecule has 0 saturated carbocycles. The van der Waals surface area contributed by atoms with E-state index in [1.54, 1.807) is 11.9 Å². The number of amides is 1. The number of Topliss-reactive ketones (excluding diaryl/α,β-unsaturated/α-hetero) is 1. The average molecular weight is 225 g/mol. The number of likely N-dealkylation sites (N-methyl/N-ethyl adjacent to an activating group) is 1. The van der Waals surface area contributed by atoms with Crippen LogP contribution < -0.4 is 0 Å². The first-order valence-electron chi connectivity index (χ1n) is 5.77. The highest BCUT2D eigenvalue weighted by Crippen LogP contribution is 2.26. The van der Waals surface area contributed by atoms with Crippen molar-refractivity contribution in [2.75, 3.05) is 27.2 Å². The lowest BCUT2D eigenvalue weighted by Gasteiger charge is -2.41. The number of hydrogen-bond donors (Lipinski definition) is 0. The maximum absolute atomic E-state index is 12.3. The second-order valence-corrected chi connectivity index (χ2v) is 4.82. The zero-order chi connectivity index (χ0) is 11.9. The highest BCUT2D eigenvalue weighted by atomic mass is 16.2. The minimum atomic E-state index is -0.227. The molecule has 0 aromatic carbocycles. The van der Waals surface area contributed by atoms with E-state index >= 15 is 0 Å². The van der Waals surface area contributed by atoms with Gasteiger partial charge >= 0.3 is 0 Å². The summed E-state index contributed by atoms with van der Waals surface area (Å²) in [6, 6.07) is -0.300. The van der Waals surface area contributed by atoms with E-state index in [9.17, 15) is 9.59 Å². The normalized spacial score (nSPS) is 31.0. The molecule has 2 atom stereocenters. The average Bonchev–Trinajstić information content (AvgIpc) is 2.61. The van der Waals surface area contributed by atoms with Crippen LogP contribution in [0.5, 0.6) is 0 Å². The molecular formula is C11H19N3O2. The molecule has 2 fully saturated rings. The van der Waals surface area contributed by atoms with Gasteiger partial charge in [0.2, 0.25) is 0 Å². The van der Waals surface area contributed by atoms with Crippen LogP contribution in [0, 0.1) is 0 Å². The quantitative estimate of drug-likeness (QED) is 0.649. The van der Waals surface area contributed by atoms with E-state index in [2.05, 4.69) is 0 Å². The zero-order valence-electron chi connectivity index (χ0n) is 10.1.